The van der Waals surface area contributed by atoms with Crippen LogP contribution in [0.25, 0.3) is 0 Å². The predicted octanol–water partition coefficient (Wildman–Crippen LogP) is 2.88. The zero-order valence-electron chi connectivity index (χ0n) is 12.0. The quantitative estimate of drug-likeness (QED) is 0.775. The van der Waals surface area contributed by atoms with Gasteiger partial charge in [0, 0.05) is 17.6 Å². The molecule has 2 nitrogen and oxygen atoms in total. The number of nitrogens with zero attached hydrogens (tertiary/aromatic N) is 1. The van der Waals surface area contributed by atoms with Crippen molar-refractivity contribution in [1.82, 2.24) is 10.2 Å². The highest BCUT2D eigenvalue weighted by atomic mass is 15.2. The van der Waals surface area contributed by atoms with Crippen LogP contribution in [0.2, 0.25) is 0 Å². The van der Waals surface area contributed by atoms with E-state index < -0.39 is 0 Å². The van der Waals surface area contributed by atoms with E-state index >= 15 is 0 Å². The van der Waals surface area contributed by atoms with Gasteiger partial charge in [-0.3, -0.25) is 0 Å². The second-order valence-corrected chi connectivity index (χ2v) is 6.46. The standard InChI is InChI=1S/C14H30N2/c1-7-11(2)16(6)13-9-8-12(13)10-15-14(3,4)5/h11-13,15H,7-10H2,1-6H3. The summed E-state index contributed by atoms with van der Waals surface area (Å²) in [6.07, 6.45) is 4.04. The van der Waals surface area contributed by atoms with Crippen molar-refractivity contribution in [1.29, 1.82) is 0 Å². The summed E-state index contributed by atoms with van der Waals surface area (Å²) >= 11 is 0. The third kappa shape index (κ3) is 3.74. The lowest BCUT2D eigenvalue weighted by atomic mass is 9.77. The summed E-state index contributed by atoms with van der Waals surface area (Å²) in [4.78, 5) is 2.58. The van der Waals surface area contributed by atoms with Gasteiger partial charge in [0.15, 0.2) is 0 Å². The van der Waals surface area contributed by atoms with Crippen molar-refractivity contribution >= 4 is 0 Å². The van der Waals surface area contributed by atoms with E-state index in [1.165, 1.54) is 25.8 Å². The first-order valence-electron chi connectivity index (χ1n) is 6.82. The van der Waals surface area contributed by atoms with Crippen molar-refractivity contribution in [2.45, 2.75) is 71.5 Å². The molecule has 2 heteroatoms. The fourth-order valence-electron chi connectivity index (χ4n) is 2.38. The number of hydrogen-bond donors (Lipinski definition) is 1. The molecule has 0 aromatic rings. The van der Waals surface area contributed by atoms with Crippen molar-refractivity contribution in [3.63, 3.8) is 0 Å². The van der Waals surface area contributed by atoms with E-state index in [9.17, 15) is 0 Å². The normalized spacial score (nSPS) is 27.9. The van der Waals surface area contributed by atoms with Gasteiger partial charge in [-0.25, -0.2) is 0 Å². The molecular formula is C14H30N2. The van der Waals surface area contributed by atoms with E-state index in [0.29, 0.717) is 0 Å². The van der Waals surface area contributed by atoms with Gasteiger partial charge in [0.25, 0.3) is 0 Å². The molecule has 1 aliphatic rings. The Bertz CT molecular complexity index is 207. The summed E-state index contributed by atoms with van der Waals surface area (Å²) in [6, 6.07) is 1.53. The van der Waals surface area contributed by atoms with Crippen LogP contribution in [0, 0.1) is 5.92 Å². The van der Waals surface area contributed by atoms with Crippen LogP contribution in [0.5, 0.6) is 0 Å². The first-order valence-corrected chi connectivity index (χ1v) is 6.82. The lowest BCUT2D eigenvalue weighted by Gasteiger charge is -2.46. The van der Waals surface area contributed by atoms with Gasteiger partial charge in [-0.1, -0.05) is 6.92 Å². The second-order valence-electron chi connectivity index (χ2n) is 6.46. The summed E-state index contributed by atoms with van der Waals surface area (Å²) in [7, 11) is 2.29. The molecule has 3 atom stereocenters. The molecule has 0 spiro atoms. The van der Waals surface area contributed by atoms with Crippen LogP contribution < -0.4 is 5.32 Å². The lowest BCUT2D eigenvalue weighted by molar-refractivity contribution is 0.0508. The summed E-state index contributed by atoms with van der Waals surface area (Å²) in [5, 5.41) is 3.64. The minimum absolute atomic E-state index is 0.259. The Kier molecular flexibility index (Phi) is 4.81. The maximum Gasteiger partial charge on any atom is 0.0135 e. The van der Waals surface area contributed by atoms with Crippen LogP contribution in [0.3, 0.4) is 0 Å². The van der Waals surface area contributed by atoms with Gasteiger partial charge in [0.05, 0.1) is 0 Å². The molecule has 1 saturated carbocycles. The summed E-state index contributed by atoms with van der Waals surface area (Å²) < 4.78 is 0. The largest absolute Gasteiger partial charge is 0.312 e. The molecule has 1 aliphatic carbocycles. The van der Waals surface area contributed by atoms with Crippen LogP contribution in [0.4, 0.5) is 0 Å². The average Bonchev–Trinajstić information content (AvgIpc) is 2.13. The topological polar surface area (TPSA) is 15.3 Å². The Morgan fingerprint density at radius 3 is 2.31 bits per heavy atom. The SMILES string of the molecule is CCC(C)N(C)C1CCC1CNC(C)(C)C. The average molecular weight is 226 g/mol. The van der Waals surface area contributed by atoms with Crippen LogP contribution in [-0.2, 0) is 0 Å². The monoisotopic (exact) mass is 226 g/mol. The summed E-state index contributed by atoms with van der Waals surface area (Å²) in [6.45, 7) is 12.5. The molecule has 0 aliphatic heterocycles. The molecule has 1 fully saturated rings. The molecule has 0 amide bonds. The molecular weight excluding hydrogens is 196 g/mol. The Morgan fingerprint density at radius 1 is 1.31 bits per heavy atom. The molecule has 0 saturated heterocycles. The maximum atomic E-state index is 3.64. The van der Waals surface area contributed by atoms with Crippen LogP contribution in [-0.4, -0.2) is 36.1 Å². The van der Waals surface area contributed by atoms with Gasteiger partial charge < -0.3 is 10.2 Å². The van der Waals surface area contributed by atoms with Crippen molar-refractivity contribution in [2.24, 2.45) is 5.92 Å². The molecule has 0 aromatic heterocycles. The fraction of sp³-hybridized carbons (Fsp3) is 1.00. The minimum Gasteiger partial charge on any atom is -0.312 e. The first kappa shape index (κ1) is 14.0. The summed E-state index contributed by atoms with van der Waals surface area (Å²) in [5.41, 5.74) is 0.259. The van der Waals surface area contributed by atoms with Crippen molar-refractivity contribution in [3.05, 3.63) is 0 Å². The van der Waals surface area contributed by atoms with E-state index in [4.69, 9.17) is 0 Å². The Hall–Kier alpha value is -0.0800. The summed E-state index contributed by atoms with van der Waals surface area (Å²) in [5.74, 6) is 0.859. The Morgan fingerprint density at radius 2 is 1.94 bits per heavy atom. The zero-order chi connectivity index (χ0) is 12.3. The number of hydrogen-bond acceptors (Lipinski definition) is 2. The molecule has 1 rings (SSSR count). The molecule has 0 radical (unpaired) electrons. The molecule has 96 valence electrons. The van der Waals surface area contributed by atoms with Gasteiger partial charge >= 0.3 is 0 Å². The van der Waals surface area contributed by atoms with Gasteiger partial charge in [-0.05, 0) is 66.5 Å². The number of nitrogens with one attached hydrogen (secondary N) is 1. The first-order chi connectivity index (χ1) is 7.35. The van der Waals surface area contributed by atoms with Crippen molar-refractivity contribution in [3.8, 4) is 0 Å². The Labute approximate surface area is 102 Å². The van der Waals surface area contributed by atoms with E-state index in [2.05, 4.69) is 51.9 Å². The van der Waals surface area contributed by atoms with Gasteiger partial charge in [0.2, 0.25) is 0 Å². The van der Waals surface area contributed by atoms with Crippen molar-refractivity contribution in [2.75, 3.05) is 13.6 Å². The van der Waals surface area contributed by atoms with Crippen LogP contribution in [0.15, 0.2) is 0 Å². The molecule has 3 unspecified atom stereocenters. The highest BCUT2D eigenvalue weighted by Crippen LogP contribution is 2.32. The van der Waals surface area contributed by atoms with Gasteiger partial charge in [-0.15, -0.1) is 0 Å². The van der Waals surface area contributed by atoms with Gasteiger partial charge in [-0.2, -0.15) is 0 Å². The predicted molar refractivity (Wildman–Crippen MR) is 71.8 cm³/mol. The highest BCUT2D eigenvalue weighted by Gasteiger charge is 2.35. The van der Waals surface area contributed by atoms with E-state index in [1.807, 2.05) is 0 Å². The van der Waals surface area contributed by atoms with Crippen LogP contribution in [0.1, 0.15) is 53.9 Å². The van der Waals surface area contributed by atoms with E-state index in [0.717, 1.165) is 18.0 Å². The van der Waals surface area contributed by atoms with Gasteiger partial charge in [0.1, 0.15) is 0 Å². The van der Waals surface area contributed by atoms with E-state index in [-0.39, 0.29) is 5.54 Å². The molecule has 0 bridgehead atoms. The Balaban J connectivity index is 2.35. The second kappa shape index (κ2) is 5.50. The molecule has 16 heavy (non-hydrogen) atoms. The third-order valence-corrected chi connectivity index (χ3v) is 4.08. The van der Waals surface area contributed by atoms with Crippen LogP contribution >= 0.6 is 0 Å². The fourth-order valence-corrected chi connectivity index (χ4v) is 2.38. The highest BCUT2D eigenvalue weighted by molar-refractivity contribution is 4.91. The number of rotatable bonds is 5. The smallest absolute Gasteiger partial charge is 0.0135 e. The molecule has 0 aromatic carbocycles. The zero-order valence-corrected chi connectivity index (χ0v) is 12.0. The molecule has 1 N–H and O–H groups in total. The minimum atomic E-state index is 0.259. The van der Waals surface area contributed by atoms with Crippen molar-refractivity contribution < 1.29 is 0 Å². The maximum absolute atomic E-state index is 3.64. The third-order valence-electron chi connectivity index (χ3n) is 4.08. The lowest BCUT2D eigenvalue weighted by Crippen LogP contribution is -2.53. The van der Waals surface area contributed by atoms with E-state index in [1.54, 1.807) is 0 Å². The molecule has 0 heterocycles.